The number of fused-ring (bicyclic) bond motifs is 31. The molecule has 31 rings (SSSR count). The van der Waals surface area contributed by atoms with Crippen LogP contribution in [0.25, 0.3) is 110 Å². The van der Waals surface area contributed by atoms with Gasteiger partial charge in [0, 0.05) is 183 Å². The van der Waals surface area contributed by atoms with Crippen LogP contribution in [-0.2, 0) is 10.8 Å². The van der Waals surface area contributed by atoms with Crippen LogP contribution in [0.1, 0.15) is 211 Å². The van der Waals surface area contributed by atoms with Gasteiger partial charge in [-0.15, -0.1) is 0 Å². The number of hydrogen-bond donors (Lipinski definition) is 0. The lowest BCUT2D eigenvalue weighted by Crippen LogP contribution is -2.60. The van der Waals surface area contributed by atoms with Crippen LogP contribution in [0.15, 0.2) is 253 Å². The maximum absolute atomic E-state index is 6.49. The normalized spacial score (nSPS) is 29.9. The molecule has 11 fully saturated rings. The summed E-state index contributed by atoms with van der Waals surface area (Å²) in [5.41, 5.74) is 31.4. The molecule has 14 aliphatic heterocycles. The molecule has 127 heavy (non-hydrogen) atoms. The summed E-state index contributed by atoms with van der Waals surface area (Å²) < 4.78 is 32.1. The number of anilines is 2. The van der Waals surface area contributed by atoms with E-state index in [1.165, 1.54) is 210 Å². The third kappa shape index (κ3) is 12.2. The van der Waals surface area contributed by atoms with Gasteiger partial charge in [-0.25, -0.2) is 0 Å². The van der Waals surface area contributed by atoms with Gasteiger partial charge in [0.05, 0.1) is 0 Å². The summed E-state index contributed by atoms with van der Waals surface area (Å²) in [5.74, 6) is 3.37. The highest BCUT2D eigenvalue weighted by atomic mass is 16.3. The van der Waals surface area contributed by atoms with E-state index in [0.717, 1.165) is 74.8 Å². The van der Waals surface area contributed by atoms with E-state index in [1.54, 1.807) is 0 Å². The van der Waals surface area contributed by atoms with E-state index >= 15 is 0 Å². The average Bonchev–Trinajstić information content (AvgIpc) is 1.52. The number of piperidine rings is 10. The Morgan fingerprint density at radius 3 is 1.03 bits per heavy atom. The lowest BCUT2D eigenvalue weighted by molar-refractivity contribution is -0.0622. The fourth-order valence-electron chi connectivity index (χ4n) is 28.6. The monoisotopic (exact) mass is 1680 g/mol. The number of furan rings is 5. The summed E-state index contributed by atoms with van der Waals surface area (Å²) in [7, 11) is 0. The molecular formula is C117H123N5O5. The van der Waals surface area contributed by atoms with Gasteiger partial charge in [0.25, 0.3) is 0 Å². The zero-order valence-electron chi connectivity index (χ0n) is 77.0. The van der Waals surface area contributed by atoms with Crippen molar-refractivity contribution in [2.24, 2.45) is 16.7 Å². The smallest absolute Gasteiger partial charge is 0.139 e. The quantitative estimate of drug-likeness (QED) is 0.166. The molecule has 10 nitrogen and oxygen atoms in total. The van der Waals surface area contributed by atoms with Crippen molar-refractivity contribution >= 4 is 121 Å². The number of rotatable bonds is 5. The molecule has 15 atom stereocenters. The largest absolute Gasteiger partial charge is 0.456 e. The molecule has 10 heteroatoms. The van der Waals surface area contributed by atoms with Crippen molar-refractivity contribution in [3.63, 3.8) is 0 Å². The van der Waals surface area contributed by atoms with Gasteiger partial charge in [-0.3, -0.25) is 9.80 Å². The van der Waals surface area contributed by atoms with Gasteiger partial charge < -0.3 is 36.8 Å². The Hall–Kier alpha value is -10.9. The minimum atomic E-state index is 0.119. The van der Waals surface area contributed by atoms with Gasteiger partial charge in [0.2, 0.25) is 0 Å². The van der Waals surface area contributed by atoms with Gasteiger partial charge >= 0.3 is 0 Å². The van der Waals surface area contributed by atoms with E-state index in [2.05, 4.69) is 359 Å². The molecule has 10 bridgehead atoms. The van der Waals surface area contributed by atoms with Crippen molar-refractivity contribution in [3.8, 4) is 0 Å². The van der Waals surface area contributed by atoms with Crippen molar-refractivity contribution in [1.29, 1.82) is 0 Å². The van der Waals surface area contributed by atoms with Gasteiger partial charge in [-0.1, -0.05) is 216 Å². The summed E-state index contributed by atoms with van der Waals surface area (Å²) in [6.07, 6.45) is 9.06. The predicted molar refractivity (Wildman–Crippen MR) is 527 cm³/mol. The number of aryl methyl sites for hydroxylation is 5. The van der Waals surface area contributed by atoms with Gasteiger partial charge in [0.1, 0.15) is 55.8 Å². The Morgan fingerprint density at radius 1 is 0.283 bits per heavy atom. The molecule has 12 aromatic carbocycles. The summed E-state index contributed by atoms with van der Waals surface area (Å²) in [4.78, 5) is 13.3. The minimum Gasteiger partial charge on any atom is -0.456 e. The summed E-state index contributed by atoms with van der Waals surface area (Å²) >= 11 is 0. The molecule has 5 aromatic heterocycles. The fourth-order valence-corrected chi connectivity index (χ4v) is 28.6. The van der Waals surface area contributed by atoms with Crippen LogP contribution in [0.4, 0.5) is 11.4 Å². The third-order valence-corrected chi connectivity index (χ3v) is 34.9. The molecule has 0 saturated carbocycles. The molecule has 0 N–H and O–H groups in total. The SMILES string of the molecule is Cc1ccc2c(oc3ccccc32)c1C1C(C)N2CC1(C)c1ccccc12.Cc1ccc2c(oc3ccccc32)c1C1C(C)N2CCC1(C)CC2.Cc1ccc2c(oc3ccccc32)c1C1C(C)N2CCC1(C)CC2C.Cc1ccc2c(oc3ccccc32)c1C1C(C)N2CCC1(C)c1ccccc12.Cc1ccc2c(oc3ccccc32)c1C1C2CCN(CC2)C1C. The molecule has 11 saturated heterocycles. The standard InChI is InChI=1S/C26H25NO.C25H23NO.C23H27NO.C22H25NO.C21H23NO/c1-16-12-13-19-18-8-4-7-11-22(18)28-25(19)23(16)24-17(2)27-15-14-26(24,3)20-9-5-6-10-21(20)27;1-15-12-13-18-17-8-4-7-11-21(17)27-24(18)22(15)23-16(2)26-14-25(23,3)19-9-5-6-10-20(19)26;1-14-9-10-18-17-7-5-6-8-19(17)25-22(18)20(14)21-16(3)24-12-11-23(21,4)13-15(24)2;1-14-8-9-17-16-6-4-5-7-18(16)24-21(17)19(14)20-15(2)23-12-10-22(20,3)11-13-23;1-13-7-8-17-16-5-3-4-6-18(16)23-21(17)19(13)20-14(2)22-11-9-15(20)10-12-22/h4-13,17,24H,14-15H2,1-3H3;4-13,16,23H,14H2,1-3H3;5-10,15-16,21H,11-13H2,1-4H3;4-9,15,20H,10-13H2,1-3H3;3-8,14-15,20H,9-12H2,1-2H3. The van der Waals surface area contributed by atoms with E-state index in [0.29, 0.717) is 76.7 Å². The van der Waals surface area contributed by atoms with Crippen LogP contribution in [0.3, 0.4) is 0 Å². The molecule has 17 aromatic rings. The van der Waals surface area contributed by atoms with Crippen LogP contribution >= 0.6 is 0 Å². The molecule has 19 heterocycles. The van der Waals surface area contributed by atoms with E-state index in [1.807, 2.05) is 0 Å². The summed E-state index contributed by atoms with van der Waals surface area (Å²) in [5, 5.41) is 12.5. The van der Waals surface area contributed by atoms with Gasteiger partial charge in [-0.2, -0.15) is 0 Å². The van der Waals surface area contributed by atoms with Crippen molar-refractivity contribution in [1.82, 2.24) is 14.7 Å². The second kappa shape index (κ2) is 30.1. The Labute approximate surface area is 748 Å². The van der Waals surface area contributed by atoms with Crippen molar-refractivity contribution < 1.29 is 22.1 Å². The fraction of sp³-hybridized carbons (Fsp3) is 0.385. The zero-order chi connectivity index (χ0) is 86.7. The van der Waals surface area contributed by atoms with E-state index in [4.69, 9.17) is 22.1 Å². The first-order valence-electron chi connectivity index (χ1n) is 48.0. The summed E-state index contributed by atoms with van der Waals surface area (Å²) in [6, 6.07) is 86.2. The van der Waals surface area contributed by atoms with E-state index in [-0.39, 0.29) is 10.8 Å². The van der Waals surface area contributed by atoms with E-state index in [9.17, 15) is 0 Å². The highest BCUT2D eigenvalue weighted by Gasteiger charge is 2.58. The molecule has 0 radical (unpaired) electrons. The van der Waals surface area contributed by atoms with Gasteiger partial charge in [0.15, 0.2) is 0 Å². The van der Waals surface area contributed by atoms with Crippen molar-refractivity contribution in [2.75, 3.05) is 55.6 Å². The van der Waals surface area contributed by atoms with Crippen LogP contribution in [0.2, 0.25) is 0 Å². The second-order valence-electron chi connectivity index (χ2n) is 41.7. The first-order chi connectivity index (χ1) is 61.5. The number of nitrogens with zero attached hydrogens (tertiary/aromatic N) is 5. The van der Waals surface area contributed by atoms with Crippen LogP contribution in [0, 0.1) is 51.4 Å². The average molecular weight is 1680 g/mol. The maximum Gasteiger partial charge on any atom is 0.139 e. The highest BCUT2D eigenvalue weighted by molar-refractivity contribution is 6.10. The first kappa shape index (κ1) is 80.7. The number of benzene rings is 12. The predicted octanol–water partition coefficient (Wildman–Crippen LogP) is 29.2. The zero-order valence-corrected chi connectivity index (χ0v) is 77.0. The Morgan fingerprint density at radius 2 is 0.622 bits per heavy atom. The Balaban J connectivity index is 0.0000000912. The van der Waals surface area contributed by atoms with Gasteiger partial charge in [-0.05, 0) is 252 Å². The van der Waals surface area contributed by atoms with Crippen molar-refractivity contribution in [2.45, 2.75) is 225 Å². The molecule has 0 amide bonds. The lowest BCUT2D eigenvalue weighted by atomic mass is 9.58. The third-order valence-electron chi connectivity index (χ3n) is 34.9. The molecular weight excluding hydrogens is 1560 g/mol. The molecule has 14 aliphatic rings. The summed E-state index contributed by atoms with van der Waals surface area (Å²) in [6.45, 7) is 44.2. The van der Waals surface area contributed by atoms with Crippen molar-refractivity contribution in [3.05, 3.63) is 297 Å². The Bertz CT molecular complexity index is 7210. The first-order valence-corrected chi connectivity index (χ1v) is 48.0. The van der Waals surface area contributed by atoms with Crippen LogP contribution in [-0.4, -0.2) is 96.8 Å². The molecule has 15 unspecified atom stereocenters. The molecule has 646 valence electrons. The maximum atomic E-state index is 6.49. The number of hydrogen-bond acceptors (Lipinski definition) is 10. The van der Waals surface area contributed by atoms with E-state index < -0.39 is 0 Å². The lowest BCUT2D eigenvalue weighted by Gasteiger charge is -2.59. The molecule has 0 aliphatic carbocycles. The molecule has 0 spiro atoms. The Kier molecular flexibility index (Phi) is 19.1. The topological polar surface area (TPSA) is 81.9 Å². The highest BCUT2D eigenvalue weighted by Crippen LogP contribution is 2.63. The number of para-hydroxylation sites is 7. The van der Waals surface area contributed by atoms with Crippen LogP contribution < -0.4 is 9.80 Å². The second-order valence-corrected chi connectivity index (χ2v) is 41.7. The minimum absolute atomic E-state index is 0.119. The van der Waals surface area contributed by atoms with Crippen LogP contribution in [0.5, 0.6) is 0 Å².